The molecule has 1 heterocycles. The van der Waals surface area contributed by atoms with Crippen LogP contribution in [0.5, 0.6) is 5.88 Å². The highest BCUT2D eigenvalue weighted by molar-refractivity contribution is 5.54. The van der Waals surface area contributed by atoms with Crippen LogP contribution in [-0.2, 0) is 13.5 Å². The molecule has 2 N–H and O–H groups in total. The van der Waals surface area contributed by atoms with Crippen LogP contribution < -0.4 is 10.5 Å². The molecular formula is C16H23N3O. The molecule has 0 spiro atoms. The van der Waals surface area contributed by atoms with Gasteiger partial charge in [-0.15, -0.1) is 0 Å². The molecule has 0 aliphatic heterocycles. The van der Waals surface area contributed by atoms with Crippen LogP contribution in [0.1, 0.15) is 37.4 Å². The van der Waals surface area contributed by atoms with Crippen LogP contribution in [0.2, 0.25) is 0 Å². The van der Waals surface area contributed by atoms with Crippen LogP contribution in [-0.4, -0.2) is 16.4 Å². The minimum absolute atomic E-state index is 0.308. The normalized spacial score (nSPS) is 11.0. The molecule has 4 nitrogen and oxygen atoms in total. The molecule has 0 radical (unpaired) electrons. The van der Waals surface area contributed by atoms with E-state index in [2.05, 4.69) is 43.2 Å². The standard InChI is InChI=1S/C16H23N3O/c1-12(2)15-14(17)16(19(3)18-15)20-11-7-10-13-8-5-4-6-9-13/h4-6,8-9,12H,7,10-11,17H2,1-3H3. The van der Waals surface area contributed by atoms with Crippen molar-refractivity contribution in [2.45, 2.75) is 32.6 Å². The SMILES string of the molecule is CC(C)c1nn(C)c(OCCCc2ccccc2)c1N. The molecule has 1 aromatic carbocycles. The minimum atomic E-state index is 0.308. The van der Waals surface area contributed by atoms with Crippen molar-refractivity contribution in [3.05, 3.63) is 41.6 Å². The predicted molar refractivity (Wildman–Crippen MR) is 82.0 cm³/mol. The third-order valence-corrected chi connectivity index (χ3v) is 3.30. The summed E-state index contributed by atoms with van der Waals surface area (Å²) in [6.07, 6.45) is 1.97. The van der Waals surface area contributed by atoms with Crippen LogP contribution in [0.3, 0.4) is 0 Å². The van der Waals surface area contributed by atoms with Gasteiger partial charge in [0, 0.05) is 7.05 Å². The highest BCUT2D eigenvalue weighted by Gasteiger charge is 2.16. The Bertz CT molecular complexity index is 546. The van der Waals surface area contributed by atoms with Crippen molar-refractivity contribution in [1.82, 2.24) is 9.78 Å². The molecule has 0 saturated carbocycles. The lowest BCUT2D eigenvalue weighted by atomic mass is 10.1. The first kappa shape index (κ1) is 14.4. The molecule has 0 saturated heterocycles. The number of aryl methyl sites for hydroxylation is 2. The zero-order valence-corrected chi connectivity index (χ0v) is 12.5. The summed E-state index contributed by atoms with van der Waals surface area (Å²) in [5, 5.41) is 4.41. The summed E-state index contributed by atoms with van der Waals surface area (Å²) in [7, 11) is 1.87. The van der Waals surface area contributed by atoms with E-state index in [1.807, 2.05) is 13.1 Å². The van der Waals surface area contributed by atoms with Gasteiger partial charge in [0.2, 0.25) is 5.88 Å². The van der Waals surface area contributed by atoms with E-state index in [0.717, 1.165) is 18.5 Å². The first-order chi connectivity index (χ1) is 9.59. The van der Waals surface area contributed by atoms with Gasteiger partial charge in [-0.1, -0.05) is 44.2 Å². The summed E-state index contributed by atoms with van der Waals surface area (Å²) in [5.41, 5.74) is 9.00. The second-order valence-corrected chi connectivity index (χ2v) is 5.32. The van der Waals surface area contributed by atoms with E-state index in [1.165, 1.54) is 5.56 Å². The number of aromatic nitrogens is 2. The average Bonchev–Trinajstić information content (AvgIpc) is 2.72. The second-order valence-electron chi connectivity index (χ2n) is 5.32. The summed E-state index contributed by atoms with van der Waals surface area (Å²) in [5.74, 6) is 0.990. The number of nitrogens with zero attached hydrogens (tertiary/aromatic N) is 2. The molecule has 0 bridgehead atoms. The van der Waals surface area contributed by atoms with E-state index in [-0.39, 0.29) is 0 Å². The number of ether oxygens (including phenoxy) is 1. The zero-order valence-electron chi connectivity index (χ0n) is 12.5. The maximum atomic E-state index is 6.09. The molecule has 4 heteroatoms. The van der Waals surface area contributed by atoms with Gasteiger partial charge in [-0.25, -0.2) is 4.68 Å². The third kappa shape index (κ3) is 3.32. The first-order valence-electron chi connectivity index (χ1n) is 7.08. The molecule has 108 valence electrons. The maximum absolute atomic E-state index is 6.09. The van der Waals surface area contributed by atoms with E-state index in [4.69, 9.17) is 10.5 Å². The van der Waals surface area contributed by atoms with Gasteiger partial charge in [0.25, 0.3) is 0 Å². The lowest BCUT2D eigenvalue weighted by Gasteiger charge is -2.07. The van der Waals surface area contributed by atoms with Crippen molar-refractivity contribution in [3.8, 4) is 5.88 Å². The van der Waals surface area contributed by atoms with Crippen LogP contribution in [0.15, 0.2) is 30.3 Å². The lowest BCUT2D eigenvalue weighted by molar-refractivity contribution is 0.286. The first-order valence-corrected chi connectivity index (χ1v) is 7.08. The Labute approximate surface area is 120 Å². The number of nitrogens with two attached hydrogens (primary N) is 1. The predicted octanol–water partition coefficient (Wildman–Crippen LogP) is 3.14. The van der Waals surface area contributed by atoms with Crippen molar-refractivity contribution in [2.24, 2.45) is 7.05 Å². The Morgan fingerprint density at radius 1 is 1.25 bits per heavy atom. The molecule has 0 fully saturated rings. The van der Waals surface area contributed by atoms with Crippen LogP contribution in [0.4, 0.5) is 5.69 Å². The van der Waals surface area contributed by atoms with E-state index in [9.17, 15) is 0 Å². The number of nitrogen functional groups attached to an aromatic ring is 1. The van der Waals surface area contributed by atoms with E-state index >= 15 is 0 Å². The fourth-order valence-corrected chi connectivity index (χ4v) is 2.23. The molecule has 0 atom stereocenters. The number of anilines is 1. The molecule has 0 aliphatic carbocycles. The van der Waals surface area contributed by atoms with E-state index in [0.29, 0.717) is 24.1 Å². The van der Waals surface area contributed by atoms with Crippen LogP contribution >= 0.6 is 0 Å². The van der Waals surface area contributed by atoms with Crippen molar-refractivity contribution in [3.63, 3.8) is 0 Å². The largest absolute Gasteiger partial charge is 0.476 e. The van der Waals surface area contributed by atoms with Crippen molar-refractivity contribution in [1.29, 1.82) is 0 Å². The van der Waals surface area contributed by atoms with Crippen molar-refractivity contribution < 1.29 is 4.74 Å². The Kier molecular flexibility index (Phi) is 4.66. The van der Waals surface area contributed by atoms with Gasteiger partial charge < -0.3 is 10.5 Å². The summed E-state index contributed by atoms with van der Waals surface area (Å²) < 4.78 is 7.52. The minimum Gasteiger partial charge on any atom is -0.476 e. The molecule has 0 amide bonds. The summed E-state index contributed by atoms with van der Waals surface area (Å²) in [6.45, 7) is 4.81. The molecule has 2 rings (SSSR count). The Morgan fingerprint density at radius 2 is 1.95 bits per heavy atom. The average molecular weight is 273 g/mol. The van der Waals surface area contributed by atoms with Gasteiger partial charge in [-0.3, -0.25) is 0 Å². The Hall–Kier alpha value is -1.97. The number of rotatable bonds is 6. The monoisotopic (exact) mass is 273 g/mol. The molecule has 20 heavy (non-hydrogen) atoms. The Morgan fingerprint density at radius 3 is 2.55 bits per heavy atom. The second kappa shape index (κ2) is 6.46. The van der Waals surface area contributed by atoms with Gasteiger partial charge in [0.05, 0.1) is 12.3 Å². The fraction of sp³-hybridized carbons (Fsp3) is 0.438. The summed E-state index contributed by atoms with van der Waals surface area (Å²) in [4.78, 5) is 0. The quantitative estimate of drug-likeness (QED) is 0.823. The van der Waals surface area contributed by atoms with Gasteiger partial charge in [-0.05, 0) is 24.3 Å². The third-order valence-electron chi connectivity index (χ3n) is 3.30. The Balaban J connectivity index is 1.88. The number of hydrogen-bond donors (Lipinski definition) is 1. The highest BCUT2D eigenvalue weighted by Crippen LogP contribution is 2.29. The molecule has 1 aromatic heterocycles. The van der Waals surface area contributed by atoms with Crippen molar-refractivity contribution in [2.75, 3.05) is 12.3 Å². The number of hydrogen-bond acceptors (Lipinski definition) is 3. The summed E-state index contributed by atoms with van der Waals surface area (Å²) >= 11 is 0. The van der Waals surface area contributed by atoms with E-state index < -0.39 is 0 Å². The highest BCUT2D eigenvalue weighted by atomic mass is 16.5. The van der Waals surface area contributed by atoms with Gasteiger partial charge in [0.15, 0.2) is 0 Å². The molecular weight excluding hydrogens is 250 g/mol. The van der Waals surface area contributed by atoms with Gasteiger partial charge in [-0.2, -0.15) is 5.10 Å². The topological polar surface area (TPSA) is 53.1 Å². The number of benzene rings is 1. The van der Waals surface area contributed by atoms with Crippen LogP contribution in [0, 0.1) is 0 Å². The summed E-state index contributed by atoms with van der Waals surface area (Å²) in [6, 6.07) is 10.4. The fourth-order valence-electron chi connectivity index (χ4n) is 2.23. The maximum Gasteiger partial charge on any atom is 0.235 e. The van der Waals surface area contributed by atoms with E-state index in [1.54, 1.807) is 4.68 Å². The molecule has 0 unspecified atom stereocenters. The van der Waals surface area contributed by atoms with Gasteiger partial charge in [0.1, 0.15) is 5.69 Å². The molecule has 0 aliphatic rings. The van der Waals surface area contributed by atoms with Crippen molar-refractivity contribution >= 4 is 5.69 Å². The van der Waals surface area contributed by atoms with Gasteiger partial charge >= 0.3 is 0 Å². The molecule has 2 aromatic rings. The van der Waals surface area contributed by atoms with Crippen LogP contribution in [0.25, 0.3) is 0 Å². The lowest BCUT2D eigenvalue weighted by Crippen LogP contribution is -2.05. The smallest absolute Gasteiger partial charge is 0.235 e. The zero-order chi connectivity index (χ0) is 14.5.